The Kier molecular flexibility index (Phi) is 5.38. The number of halogens is 3. The maximum Gasteiger partial charge on any atom is 0.433 e. The number of hydrogen-bond donors (Lipinski definition) is 1. The Labute approximate surface area is 110 Å². The first-order chi connectivity index (χ1) is 8.82. The molecule has 0 fully saturated rings. The summed E-state index contributed by atoms with van der Waals surface area (Å²) in [7, 11) is 1.46. The molecule has 0 aliphatic carbocycles. The fourth-order valence-electron chi connectivity index (χ4n) is 1.42. The molecule has 4 nitrogen and oxygen atoms in total. The van der Waals surface area contributed by atoms with E-state index in [2.05, 4.69) is 29.1 Å². The average molecular weight is 277 g/mol. The van der Waals surface area contributed by atoms with Crippen LogP contribution in [0.5, 0.6) is 5.88 Å². The minimum Gasteiger partial charge on any atom is -0.478 e. The molecule has 7 heteroatoms. The molecule has 0 amide bonds. The van der Waals surface area contributed by atoms with Crippen LogP contribution in [0.3, 0.4) is 0 Å². The third kappa shape index (κ3) is 5.32. The van der Waals surface area contributed by atoms with E-state index in [4.69, 9.17) is 4.74 Å². The molecule has 1 rings (SSSR count). The first-order valence-corrected chi connectivity index (χ1v) is 6.09. The van der Waals surface area contributed by atoms with Crippen molar-refractivity contribution in [3.8, 4) is 5.88 Å². The van der Waals surface area contributed by atoms with E-state index in [1.165, 1.54) is 7.05 Å². The number of aromatic nitrogens is 2. The maximum absolute atomic E-state index is 12.6. The summed E-state index contributed by atoms with van der Waals surface area (Å²) in [6.07, 6.45) is -2.78. The molecule has 1 heterocycles. The van der Waals surface area contributed by atoms with Gasteiger partial charge in [0.05, 0.1) is 6.61 Å². The summed E-state index contributed by atoms with van der Waals surface area (Å²) < 4.78 is 43.1. The molecule has 0 saturated carbocycles. The van der Waals surface area contributed by atoms with Crippen LogP contribution in [0.25, 0.3) is 0 Å². The van der Waals surface area contributed by atoms with E-state index >= 15 is 0 Å². The van der Waals surface area contributed by atoms with E-state index < -0.39 is 11.9 Å². The van der Waals surface area contributed by atoms with Crippen molar-refractivity contribution in [2.45, 2.75) is 32.9 Å². The Balaban J connectivity index is 2.72. The largest absolute Gasteiger partial charge is 0.478 e. The second kappa shape index (κ2) is 6.58. The zero-order valence-corrected chi connectivity index (χ0v) is 11.2. The van der Waals surface area contributed by atoms with Crippen molar-refractivity contribution >= 4 is 5.95 Å². The monoisotopic (exact) mass is 277 g/mol. The van der Waals surface area contributed by atoms with Crippen molar-refractivity contribution in [1.82, 2.24) is 9.97 Å². The number of alkyl halides is 3. The molecule has 0 aliphatic rings. The lowest BCUT2D eigenvalue weighted by molar-refractivity contribution is -0.141. The molecule has 1 N–H and O–H groups in total. The molecule has 0 unspecified atom stereocenters. The Bertz CT molecular complexity index is 408. The Hall–Kier alpha value is -1.53. The van der Waals surface area contributed by atoms with Crippen LogP contribution < -0.4 is 10.1 Å². The first-order valence-electron chi connectivity index (χ1n) is 6.09. The lowest BCUT2D eigenvalue weighted by Gasteiger charge is -2.11. The summed E-state index contributed by atoms with van der Waals surface area (Å²) in [6.45, 7) is 4.49. The number of nitrogens with zero attached hydrogens (tertiary/aromatic N) is 2. The second-order valence-electron chi connectivity index (χ2n) is 4.55. The summed E-state index contributed by atoms with van der Waals surface area (Å²) in [5.74, 6) is 0.372. The minimum absolute atomic E-state index is 0.0598. The SMILES string of the molecule is CNc1nc(OCCCC(C)C)cc(C(F)(F)F)n1. The number of ether oxygens (including phenoxy) is 1. The fourth-order valence-corrected chi connectivity index (χ4v) is 1.42. The van der Waals surface area contributed by atoms with Crippen LogP contribution in [-0.4, -0.2) is 23.6 Å². The molecule has 0 atom stereocenters. The molecule has 108 valence electrons. The minimum atomic E-state index is -4.51. The molecular weight excluding hydrogens is 259 g/mol. The van der Waals surface area contributed by atoms with Gasteiger partial charge in [0.25, 0.3) is 0 Å². The number of hydrogen-bond acceptors (Lipinski definition) is 4. The van der Waals surface area contributed by atoms with E-state index in [1.54, 1.807) is 0 Å². The van der Waals surface area contributed by atoms with Gasteiger partial charge < -0.3 is 10.1 Å². The van der Waals surface area contributed by atoms with Gasteiger partial charge in [-0.25, -0.2) is 4.98 Å². The van der Waals surface area contributed by atoms with Gasteiger partial charge >= 0.3 is 6.18 Å². The van der Waals surface area contributed by atoms with Crippen LogP contribution in [0.4, 0.5) is 19.1 Å². The van der Waals surface area contributed by atoms with E-state index in [0.29, 0.717) is 12.5 Å². The molecule has 0 radical (unpaired) electrons. The average Bonchev–Trinajstić information content (AvgIpc) is 2.33. The van der Waals surface area contributed by atoms with Crippen LogP contribution in [0, 0.1) is 5.92 Å². The first kappa shape index (κ1) is 15.5. The molecule has 0 saturated heterocycles. The maximum atomic E-state index is 12.6. The van der Waals surface area contributed by atoms with Crippen LogP contribution in [0.2, 0.25) is 0 Å². The molecular formula is C12H18F3N3O. The van der Waals surface area contributed by atoms with Gasteiger partial charge in [0, 0.05) is 13.1 Å². The summed E-state index contributed by atoms with van der Waals surface area (Å²) in [5.41, 5.74) is -1.01. The Morgan fingerprint density at radius 2 is 2.00 bits per heavy atom. The van der Waals surface area contributed by atoms with Gasteiger partial charge in [0.2, 0.25) is 11.8 Å². The van der Waals surface area contributed by atoms with E-state index in [9.17, 15) is 13.2 Å². The van der Waals surface area contributed by atoms with Crippen LogP contribution >= 0.6 is 0 Å². The van der Waals surface area contributed by atoms with E-state index in [1.807, 2.05) is 0 Å². The predicted molar refractivity (Wildman–Crippen MR) is 66.1 cm³/mol. The van der Waals surface area contributed by atoms with Crippen LogP contribution in [-0.2, 0) is 6.18 Å². The molecule has 19 heavy (non-hydrogen) atoms. The van der Waals surface area contributed by atoms with Gasteiger partial charge in [-0.05, 0) is 18.8 Å². The topological polar surface area (TPSA) is 47.0 Å². The normalized spacial score (nSPS) is 11.7. The highest BCUT2D eigenvalue weighted by atomic mass is 19.4. The standard InChI is InChI=1S/C12H18F3N3O/c1-8(2)5-4-6-19-10-7-9(12(13,14)15)17-11(16-3)18-10/h7-8H,4-6H2,1-3H3,(H,16,17,18). The summed E-state index contributed by atoms with van der Waals surface area (Å²) in [6, 6.07) is 0.816. The number of rotatable bonds is 6. The third-order valence-electron chi connectivity index (χ3n) is 2.39. The van der Waals surface area contributed by atoms with Crippen molar-refractivity contribution < 1.29 is 17.9 Å². The highest BCUT2D eigenvalue weighted by Crippen LogP contribution is 2.30. The molecule has 1 aromatic heterocycles. The van der Waals surface area contributed by atoms with Crippen LogP contribution in [0.1, 0.15) is 32.4 Å². The van der Waals surface area contributed by atoms with Crippen LogP contribution in [0.15, 0.2) is 6.07 Å². The smallest absolute Gasteiger partial charge is 0.433 e. The zero-order valence-electron chi connectivity index (χ0n) is 11.2. The van der Waals surface area contributed by atoms with Crippen molar-refractivity contribution in [2.24, 2.45) is 5.92 Å². The van der Waals surface area contributed by atoms with Crippen molar-refractivity contribution in [2.75, 3.05) is 19.0 Å². The van der Waals surface area contributed by atoms with Crippen molar-refractivity contribution in [1.29, 1.82) is 0 Å². The van der Waals surface area contributed by atoms with E-state index in [-0.39, 0.29) is 11.8 Å². The second-order valence-corrected chi connectivity index (χ2v) is 4.55. The molecule has 0 aromatic carbocycles. The van der Waals surface area contributed by atoms with Gasteiger partial charge in [-0.2, -0.15) is 18.2 Å². The number of nitrogens with one attached hydrogen (secondary N) is 1. The lowest BCUT2D eigenvalue weighted by atomic mass is 10.1. The highest BCUT2D eigenvalue weighted by molar-refractivity contribution is 5.31. The van der Waals surface area contributed by atoms with E-state index in [0.717, 1.165) is 18.9 Å². The summed E-state index contributed by atoms with van der Waals surface area (Å²) in [5, 5.41) is 2.49. The summed E-state index contributed by atoms with van der Waals surface area (Å²) >= 11 is 0. The molecule has 1 aromatic rings. The fraction of sp³-hybridized carbons (Fsp3) is 0.667. The zero-order chi connectivity index (χ0) is 14.5. The lowest BCUT2D eigenvalue weighted by Crippen LogP contribution is -2.12. The van der Waals surface area contributed by atoms with Gasteiger partial charge in [-0.15, -0.1) is 0 Å². The quantitative estimate of drug-likeness (QED) is 0.810. The van der Waals surface area contributed by atoms with Crippen molar-refractivity contribution in [3.05, 3.63) is 11.8 Å². The Morgan fingerprint density at radius 1 is 1.32 bits per heavy atom. The summed E-state index contributed by atoms with van der Waals surface area (Å²) in [4.78, 5) is 7.19. The molecule has 0 aliphatic heterocycles. The van der Waals surface area contributed by atoms with Gasteiger partial charge in [0.15, 0.2) is 5.69 Å². The third-order valence-corrected chi connectivity index (χ3v) is 2.39. The number of anilines is 1. The molecule has 0 spiro atoms. The van der Waals surface area contributed by atoms with Gasteiger partial charge in [-0.3, -0.25) is 0 Å². The van der Waals surface area contributed by atoms with Crippen molar-refractivity contribution in [3.63, 3.8) is 0 Å². The Morgan fingerprint density at radius 3 is 2.53 bits per heavy atom. The van der Waals surface area contributed by atoms with Gasteiger partial charge in [0.1, 0.15) is 0 Å². The van der Waals surface area contributed by atoms with Gasteiger partial charge in [-0.1, -0.05) is 13.8 Å². The molecule has 0 bridgehead atoms. The highest BCUT2D eigenvalue weighted by Gasteiger charge is 2.33. The predicted octanol–water partition coefficient (Wildman–Crippen LogP) is 3.35.